The van der Waals surface area contributed by atoms with Crippen molar-refractivity contribution in [2.45, 2.75) is 71.0 Å². The first-order valence-corrected chi connectivity index (χ1v) is 9.22. The van der Waals surface area contributed by atoms with E-state index in [4.69, 9.17) is 0 Å². The molecule has 0 saturated carbocycles. The minimum atomic E-state index is -0.380. The van der Waals surface area contributed by atoms with Gasteiger partial charge in [0, 0.05) is 18.3 Å². The van der Waals surface area contributed by atoms with Crippen LogP contribution in [0.15, 0.2) is 24.4 Å². The molecule has 0 aromatic carbocycles. The molecule has 0 spiro atoms. The Morgan fingerprint density at radius 1 is 1.40 bits per heavy atom. The molecule has 2 unspecified atom stereocenters. The molecule has 1 saturated heterocycles. The summed E-state index contributed by atoms with van der Waals surface area (Å²) in [7, 11) is 0. The average Bonchev–Trinajstić information content (AvgIpc) is 2.97. The summed E-state index contributed by atoms with van der Waals surface area (Å²) >= 11 is 0. The summed E-state index contributed by atoms with van der Waals surface area (Å²) in [6, 6.07) is 5.43. The van der Waals surface area contributed by atoms with Crippen molar-refractivity contribution >= 4 is 17.9 Å². The topological polar surface area (TPSA) is 62.3 Å². The Balaban J connectivity index is 2.44. The number of likely N-dealkylation sites (tertiary alicyclic amines) is 1. The molecule has 2 rings (SSSR count). The second-order valence-corrected chi connectivity index (χ2v) is 8.05. The lowest BCUT2D eigenvalue weighted by Crippen LogP contribution is -2.51. The van der Waals surface area contributed by atoms with Crippen LogP contribution in [0.25, 0.3) is 0 Å². The molecule has 1 fully saturated rings. The summed E-state index contributed by atoms with van der Waals surface area (Å²) < 4.78 is 0. The smallest absolute Gasteiger partial charge is 0.212 e. The minimum Gasteiger partial charge on any atom is -0.363 e. The molecule has 1 aromatic heterocycles. The summed E-state index contributed by atoms with van der Waals surface area (Å²) in [6.07, 6.45) is 4.90. The number of hydrogen-bond acceptors (Lipinski definition) is 5. The molecule has 0 bridgehead atoms. The van der Waals surface area contributed by atoms with E-state index in [0.29, 0.717) is 18.6 Å². The number of nitrogens with zero attached hydrogens (tertiary/aromatic N) is 2. The van der Waals surface area contributed by atoms with Crippen molar-refractivity contribution < 1.29 is 9.59 Å². The van der Waals surface area contributed by atoms with Gasteiger partial charge in [-0.3, -0.25) is 14.5 Å². The quantitative estimate of drug-likeness (QED) is 0.607. The predicted molar refractivity (Wildman–Crippen MR) is 101 cm³/mol. The van der Waals surface area contributed by atoms with E-state index in [2.05, 4.69) is 49.8 Å². The highest BCUT2D eigenvalue weighted by Gasteiger charge is 2.52. The summed E-state index contributed by atoms with van der Waals surface area (Å²) in [5.41, 5.74) is -0.461. The monoisotopic (exact) mass is 345 g/mol. The van der Waals surface area contributed by atoms with Crippen molar-refractivity contribution in [3.63, 3.8) is 0 Å². The van der Waals surface area contributed by atoms with Gasteiger partial charge in [-0.1, -0.05) is 32.8 Å². The van der Waals surface area contributed by atoms with Gasteiger partial charge in [0.1, 0.15) is 5.82 Å². The normalized spacial score (nSPS) is 24.5. The molecule has 1 aromatic rings. The first kappa shape index (κ1) is 19.6. The third-order valence-electron chi connectivity index (χ3n) is 5.50. The maximum Gasteiger partial charge on any atom is 0.212 e. The molecule has 5 nitrogen and oxygen atoms in total. The van der Waals surface area contributed by atoms with Crippen LogP contribution in [0.5, 0.6) is 0 Å². The van der Waals surface area contributed by atoms with Crippen LogP contribution in [0.1, 0.15) is 53.9 Å². The molecule has 5 heteroatoms. The predicted octanol–water partition coefficient (Wildman–Crippen LogP) is 3.31. The van der Waals surface area contributed by atoms with Crippen molar-refractivity contribution in [1.82, 2.24) is 9.88 Å². The van der Waals surface area contributed by atoms with Gasteiger partial charge in [-0.2, -0.15) is 0 Å². The molecular weight excluding hydrogens is 314 g/mol. The first-order chi connectivity index (χ1) is 11.8. The standard InChI is InChI=1S/C20H31N3O2/c1-6-15(7-2)20(22-18-10-8-9-11-21-18)12-16(17(25)13-24)23(14-20)19(3,4)5/h8-11,13,15-16H,6-7,12,14H2,1-5H3,(H,21,22). The van der Waals surface area contributed by atoms with E-state index >= 15 is 0 Å². The second-order valence-electron chi connectivity index (χ2n) is 8.05. The number of ketones is 1. The molecule has 0 radical (unpaired) electrons. The van der Waals surface area contributed by atoms with Crippen LogP contribution in [0.2, 0.25) is 0 Å². The van der Waals surface area contributed by atoms with E-state index in [-0.39, 0.29) is 22.9 Å². The molecule has 1 N–H and O–H groups in total. The SMILES string of the molecule is CCC(CC)C1(Nc2ccccn2)CC(C(=O)C=O)N(C(C)(C)C)C1. The van der Waals surface area contributed by atoms with Crippen molar-refractivity contribution in [2.24, 2.45) is 5.92 Å². The average molecular weight is 345 g/mol. The van der Waals surface area contributed by atoms with E-state index < -0.39 is 0 Å². The molecular formula is C20H31N3O2. The number of carbonyl (C=O) groups excluding carboxylic acids is 2. The fourth-order valence-electron chi connectivity index (χ4n) is 4.22. The fourth-order valence-corrected chi connectivity index (χ4v) is 4.22. The molecule has 138 valence electrons. The van der Waals surface area contributed by atoms with Crippen LogP contribution in [-0.2, 0) is 9.59 Å². The van der Waals surface area contributed by atoms with Gasteiger partial charge in [0.15, 0.2) is 6.29 Å². The summed E-state index contributed by atoms with van der Waals surface area (Å²) in [6.45, 7) is 11.4. The van der Waals surface area contributed by atoms with Crippen LogP contribution in [0.4, 0.5) is 5.82 Å². The molecule has 25 heavy (non-hydrogen) atoms. The number of carbonyl (C=O) groups is 2. The maximum atomic E-state index is 12.4. The van der Waals surface area contributed by atoms with Gasteiger partial charge in [0.2, 0.25) is 5.78 Å². The first-order valence-electron chi connectivity index (χ1n) is 9.22. The largest absolute Gasteiger partial charge is 0.363 e. The number of pyridine rings is 1. The van der Waals surface area contributed by atoms with E-state index in [0.717, 1.165) is 25.2 Å². The molecule has 2 heterocycles. The van der Waals surface area contributed by atoms with Gasteiger partial charge in [-0.25, -0.2) is 4.98 Å². The lowest BCUT2D eigenvalue weighted by atomic mass is 9.78. The third kappa shape index (κ3) is 4.09. The highest BCUT2D eigenvalue weighted by molar-refractivity contribution is 6.27. The summed E-state index contributed by atoms with van der Waals surface area (Å²) in [4.78, 5) is 30.2. The van der Waals surface area contributed by atoms with Gasteiger partial charge < -0.3 is 5.32 Å². The fraction of sp³-hybridized carbons (Fsp3) is 0.650. The Kier molecular flexibility index (Phi) is 5.99. The van der Waals surface area contributed by atoms with E-state index in [9.17, 15) is 9.59 Å². The van der Waals surface area contributed by atoms with Crippen molar-refractivity contribution in [1.29, 1.82) is 0 Å². The number of rotatable bonds is 7. The zero-order chi connectivity index (χ0) is 18.7. The van der Waals surface area contributed by atoms with Crippen LogP contribution in [-0.4, -0.2) is 45.6 Å². The van der Waals surface area contributed by atoms with Gasteiger partial charge in [-0.15, -0.1) is 0 Å². The van der Waals surface area contributed by atoms with Crippen molar-refractivity contribution in [2.75, 3.05) is 11.9 Å². The summed E-state index contributed by atoms with van der Waals surface area (Å²) in [5, 5.41) is 3.65. The number of aromatic nitrogens is 1. The van der Waals surface area contributed by atoms with E-state index in [1.54, 1.807) is 6.20 Å². The third-order valence-corrected chi connectivity index (χ3v) is 5.50. The number of aldehydes is 1. The Hall–Kier alpha value is -1.75. The van der Waals surface area contributed by atoms with E-state index in [1.807, 2.05) is 18.2 Å². The highest BCUT2D eigenvalue weighted by atomic mass is 16.2. The number of hydrogen-bond donors (Lipinski definition) is 1. The zero-order valence-electron chi connectivity index (χ0n) is 16.1. The van der Waals surface area contributed by atoms with Crippen LogP contribution >= 0.6 is 0 Å². The highest BCUT2D eigenvalue weighted by Crippen LogP contribution is 2.42. The zero-order valence-corrected chi connectivity index (χ0v) is 16.1. The summed E-state index contributed by atoms with van der Waals surface area (Å²) in [5.74, 6) is 0.886. The lowest BCUT2D eigenvalue weighted by Gasteiger charge is -2.40. The molecule has 0 aliphatic carbocycles. The van der Waals surface area contributed by atoms with E-state index in [1.165, 1.54) is 0 Å². The van der Waals surface area contributed by atoms with Crippen molar-refractivity contribution in [3.05, 3.63) is 24.4 Å². The Morgan fingerprint density at radius 2 is 2.08 bits per heavy atom. The van der Waals surface area contributed by atoms with Crippen LogP contribution in [0.3, 0.4) is 0 Å². The lowest BCUT2D eigenvalue weighted by molar-refractivity contribution is -0.133. The number of anilines is 1. The Morgan fingerprint density at radius 3 is 2.56 bits per heavy atom. The van der Waals surface area contributed by atoms with Crippen LogP contribution in [0, 0.1) is 5.92 Å². The second kappa shape index (κ2) is 7.65. The molecule has 1 aliphatic heterocycles. The van der Waals surface area contributed by atoms with Gasteiger partial charge >= 0.3 is 0 Å². The number of nitrogens with one attached hydrogen (secondary N) is 1. The van der Waals surface area contributed by atoms with Crippen molar-refractivity contribution in [3.8, 4) is 0 Å². The van der Waals surface area contributed by atoms with Crippen LogP contribution < -0.4 is 5.32 Å². The van der Waals surface area contributed by atoms with Gasteiger partial charge in [0.05, 0.1) is 11.6 Å². The Labute approximate surface area is 151 Å². The maximum absolute atomic E-state index is 12.4. The van der Waals surface area contributed by atoms with Gasteiger partial charge in [-0.05, 0) is 45.2 Å². The minimum absolute atomic E-state index is 0.192. The Bertz CT molecular complexity index is 593. The molecule has 0 amide bonds. The van der Waals surface area contributed by atoms with Gasteiger partial charge in [0.25, 0.3) is 0 Å². The molecule has 1 aliphatic rings. The number of Topliss-reactive ketones (excluding diaryl/α,β-unsaturated/α-hetero) is 1. The molecule has 2 atom stereocenters.